The highest BCUT2D eigenvalue weighted by Gasteiger charge is 2.15. The average molecular weight is 332 g/mol. The summed E-state index contributed by atoms with van der Waals surface area (Å²) in [4.78, 5) is 25.2. The van der Waals surface area contributed by atoms with E-state index in [1.54, 1.807) is 0 Å². The van der Waals surface area contributed by atoms with Gasteiger partial charge in [0, 0.05) is 5.56 Å². The van der Waals surface area contributed by atoms with Gasteiger partial charge in [-0.2, -0.15) is 5.10 Å². The molecule has 2 aromatic rings. The molecule has 10 nitrogen and oxygen atoms in total. The van der Waals surface area contributed by atoms with Crippen LogP contribution >= 0.6 is 0 Å². The van der Waals surface area contributed by atoms with Crippen molar-refractivity contribution in [2.24, 2.45) is 5.10 Å². The third-order valence-electron chi connectivity index (χ3n) is 3.02. The summed E-state index contributed by atoms with van der Waals surface area (Å²) < 4.78 is 10.1. The second-order valence-electron chi connectivity index (χ2n) is 4.51. The Kier molecular flexibility index (Phi) is 5.09. The van der Waals surface area contributed by atoms with Gasteiger partial charge in [0.1, 0.15) is 5.69 Å². The summed E-state index contributed by atoms with van der Waals surface area (Å²) in [6.45, 7) is 1.51. The molecule has 0 aliphatic rings. The van der Waals surface area contributed by atoms with Crippen LogP contribution in [-0.4, -0.2) is 41.6 Å². The van der Waals surface area contributed by atoms with Crippen molar-refractivity contribution in [1.29, 1.82) is 0 Å². The first kappa shape index (κ1) is 16.9. The van der Waals surface area contributed by atoms with E-state index in [1.807, 2.05) is 0 Å². The number of aromatic amines is 1. The molecule has 10 heteroatoms. The van der Waals surface area contributed by atoms with Gasteiger partial charge in [-0.3, -0.25) is 9.78 Å². The van der Waals surface area contributed by atoms with Crippen LogP contribution < -0.4 is 25.6 Å². The molecule has 1 aromatic carbocycles. The first-order valence-corrected chi connectivity index (χ1v) is 6.67. The molecule has 2 N–H and O–H groups in total. The van der Waals surface area contributed by atoms with Crippen LogP contribution in [0, 0.1) is 6.92 Å². The van der Waals surface area contributed by atoms with Crippen LogP contribution in [0.2, 0.25) is 0 Å². The summed E-state index contributed by atoms with van der Waals surface area (Å²) in [7, 11) is 2.70. The fraction of sp³-hybridized carbons (Fsp3) is 0.214. The minimum absolute atomic E-state index is 0.0114. The monoisotopic (exact) mass is 332 g/mol. The van der Waals surface area contributed by atoms with Crippen molar-refractivity contribution < 1.29 is 19.4 Å². The van der Waals surface area contributed by atoms with E-state index in [1.165, 1.54) is 39.5 Å². The van der Waals surface area contributed by atoms with E-state index in [0.717, 1.165) is 0 Å². The number of carbonyl (C=O) groups is 1. The molecule has 0 fully saturated rings. The van der Waals surface area contributed by atoms with Gasteiger partial charge in [0.15, 0.2) is 11.5 Å². The molecule has 0 radical (unpaired) electrons. The largest absolute Gasteiger partial charge is 0.545 e. The number of hydrogen-bond acceptors (Lipinski definition) is 9. The van der Waals surface area contributed by atoms with Gasteiger partial charge >= 0.3 is 0 Å². The van der Waals surface area contributed by atoms with Crippen molar-refractivity contribution in [3.63, 3.8) is 0 Å². The third-order valence-corrected chi connectivity index (χ3v) is 3.02. The molecule has 0 spiro atoms. The number of aromatic nitrogens is 3. The van der Waals surface area contributed by atoms with E-state index in [9.17, 15) is 14.7 Å². The van der Waals surface area contributed by atoms with Gasteiger partial charge in [0.25, 0.3) is 5.56 Å². The Bertz CT molecular complexity index is 846. The number of carboxylic acid groups (broad SMARTS) is 1. The Morgan fingerprint density at radius 1 is 1.33 bits per heavy atom. The molecule has 1 aromatic heterocycles. The lowest BCUT2D eigenvalue weighted by Gasteiger charge is -2.15. The summed E-state index contributed by atoms with van der Waals surface area (Å²) in [6.07, 6.45) is 1.22. The summed E-state index contributed by atoms with van der Waals surface area (Å²) in [5.41, 5.74) is 2.24. The summed E-state index contributed by atoms with van der Waals surface area (Å²) in [5.74, 6) is -1.17. The van der Waals surface area contributed by atoms with Crippen molar-refractivity contribution >= 4 is 18.1 Å². The fourth-order valence-electron chi connectivity index (χ4n) is 1.87. The number of aromatic carboxylic acids is 1. The van der Waals surface area contributed by atoms with Gasteiger partial charge in [-0.15, -0.1) is 10.2 Å². The SMILES string of the molecule is COc1ccc(/C=N\Nc2nnc(C)c(=O)[nH]2)c(C(=O)[O-])c1OC. The number of nitrogens with one attached hydrogen (secondary N) is 2. The Labute approximate surface area is 136 Å². The number of nitrogens with zero attached hydrogens (tertiary/aromatic N) is 3. The van der Waals surface area contributed by atoms with Crippen molar-refractivity contribution in [3.05, 3.63) is 39.3 Å². The number of benzene rings is 1. The maximum absolute atomic E-state index is 11.4. The Morgan fingerprint density at radius 2 is 2.08 bits per heavy atom. The zero-order chi connectivity index (χ0) is 17.7. The molecular weight excluding hydrogens is 318 g/mol. The maximum Gasteiger partial charge on any atom is 0.274 e. The lowest BCUT2D eigenvalue weighted by Crippen LogP contribution is -2.25. The second kappa shape index (κ2) is 7.22. The highest BCUT2D eigenvalue weighted by Crippen LogP contribution is 2.32. The molecule has 0 aliphatic carbocycles. The van der Waals surface area contributed by atoms with Crippen LogP contribution in [0.5, 0.6) is 11.5 Å². The lowest BCUT2D eigenvalue weighted by atomic mass is 10.1. The van der Waals surface area contributed by atoms with Crippen LogP contribution in [0.4, 0.5) is 5.95 Å². The number of H-pyrrole nitrogens is 1. The average Bonchev–Trinajstić information content (AvgIpc) is 2.57. The molecule has 0 saturated heterocycles. The number of hydrazone groups is 1. The van der Waals surface area contributed by atoms with E-state index in [-0.39, 0.29) is 34.3 Å². The van der Waals surface area contributed by atoms with Crippen LogP contribution in [0.15, 0.2) is 22.0 Å². The number of ether oxygens (including phenoxy) is 2. The van der Waals surface area contributed by atoms with Crippen molar-refractivity contribution in [2.75, 3.05) is 19.6 Å². The maximum atomic E-state index is 11.4. The standard InChI is InChI=1S/C14H15N5O5/c1-7-12(20)16-14(19-17-7)18-15-6-8-4-5-9(23-2)11(24-3)10(8)13(21)22/h4-6H,1-3H3,(H,21,22)(H2,16,18,19,20)/p-1/b15-6-. The van der Waals surface area contributed by atoms with Gasteiger partial charge < -0.3 is 19.4 Å². The van der Waals surface area contributed by atoms with E-state index in [0.29, 0.717) is 0 Å². The minimum atomic E-state index is -1.45. The third kappa shape index (κ3) is 3.48. The number of carboxylic acids is 1. The Morgan fingerprint density at radius 3 is 2.67 bits per heavy atom. The Balaban J connectivity index is 2.33. The minimum Gasteiger partial charge on any atom is -0.545 e. The molecule has 2 rings (SSSR count). The smallest absolute Gasteiger partial charge is 0.274 e. The number of carbonyl (C=O) groups excluding carboxylic acids is 1. The van der Waals surface area contributed by atoms with Crippen LogP contribution in [0.1, 0.15) is 21.6 Å². The van der Waals surface area contributed by atoms with Gasteiger partial charge in [-0.1, -0.05) is 0 Å². The number of rotatable bonds is 6. The molecule has 126 valence electrons. The van der Waals surface area contributed by atoms with Crippen molar-refractivity contribution in [2.45, 2.75) is 6.92 Å². The fourth-order valence-corrected chi connectivity index (χ4v) is 1.87. The molecule has 0 amide bonds. The van der Waals surface area contributed by atoms with Gasteiger partial charge in [0.05, 0.1) is 32.0 Å². The second-order valence-corrected chi connectivity index (χ2v) is 4.51. The lowest BCUT2D eigenvalue weighted by molar-refractivity contribution is -0.255. The predicted octanol–water partition coefficient (Wildman–Crippen LogP) is -0.700. The van der Waals surface area contributed by atoms with E-state index in [4.69, 9.17) is 9.47 Å². The molecule has 0 unspecified atom stereocenters. The molecule has 0 atom stereocenters. The topological polar surface area (TPSA) is 142 Å². The molecule has 0 aliphatic heterocycles. The van der Waals surface area contributed by atoms with Crippen LogP contribution in [0.25, 0.3) is 0 Å². The number of anilines is 1. The van der Waals surface area contributed by atoms with E-state index in [2.05, 4.69) is 25.7 Å². The van der Waals surface area contributed by atoms with Crippen molar-refractivity contribution in [1.82, 2.24) is 15.2 Å². The zero-order valence-electron chi connectivity index (χ0n) is 13.1. The number of methoxy groups -OCH3 is 2. The van der Waals surface area contributed by atoms with E-state index >= 15 is 0 Å². The summed E-state index contributed by atoms with van der Waals surface area (Å²) in [5, 5.41) is 22.5. The van der Waals surface area contributed by atoms with Gasteiger partial charge in [0.2, 0.25) is 5.95 Å². The summed E-state index contributed by atoms with van der Waals surface area (Å²) in [6, 6.07) is 3.00. The summed E-state index contributed by atoms with van der Waals surface area (Å²) >= 11 is 0. The normalized spacial score (nSPS) is 10.6. The van der Waals surface area contributed by atoms with Gasteiger partial charge in [-0.05, 0) is 19.1 Å². The van der Waals surface area contributed by atoms with Gasteiger partial charge in [-0.25, -0.2) is 5.43 Å². The zero-order valence-corrected chi connectivity index (χ0v) is 13.1. The predicted molar refractivity (Wildman–Crippen MR) is 82.5 cm³/mol. The molecular formula is C14H14N5O5-. The van der Waals surface area contributed by atoms with E-state index < -0.39 is 11.5 Å². The van der Waals surface area contributed by atoms with Crippen LogP contribution in [0.3, 0.4) is 0 Å². The van der Waals surface area contributed by atoms with Crippen molar-refractivity contribution in [3.8, 4) is 11.5 Å². The number of aryl methyl sites for hydroxylation is 1. The van der Waals surface area contributed by atoms with Crippen LogP contribution in [-0.2, 0) is 0 Å². The molecule has 1 heterocycles. The Hall–Kier alpha value is -3.43. The quantitative estimate of drug-likeness (QED) is 0.522. The highest BCUT2D eigenvalue weighted by molar-refractivity contribution is 6.01. The first-order chi connectivity index (χ1) is 11.5. The molecule has 24 heavy (non-hydrogen) atoms. The number of hydrogen-bond donors (Lipinski definition) is 2. The molecule has 0 bridgehead atoms. The highest BCUT2D eigenvalue weighted by atomic mass is 16.5. The molecule has 0 saturated carbocycles. The first-order valence-electron chi connectivity index (χ1n) is 6.67.